The molecule has 4 heteroatoms. The first-order chi connectivity index (χ1) is 12.6. The average Bonchev–Trinajstić information content (AvgIpc) is 3.12. The molecular weight excluding hydrogens is 332 g/mol. The fraction of sp³-hybridized carbons (Fsp3) is 0.136. The molecule has 1 unspecified atom stereocenters. The lowest BCUT2D eigenvalue weighted by atomic mass is 10.0. The molecule has 3 aromatic carbocycles. The molecule has 2 nitrogen and oxygen atoms in total. The van der Waals surface area contributed by atoms with Crippen molar-refractivity contribution in [3.05, 3.63) is 95.1 Å². The Hall–Kier alpha value is -3.01. The molecule has 0 fully saturated rings. The van der Waals surface area contributed by atoms with E-state index in [4.69, 9.17) is 4.74 Å². The predicted octanol–water partition coefficient (Wildman–Crippen LogP) is 5.46. The Morgan fingerprint density at radius 2 is 1.42 bits per heavy atom. The topological polar surface area (TPSA) is 21.6 Å². The van der Waals surface area contributed by atoms with Crippen molar-refractivity contribution in [1.82, 2.24) is 0 Å². The first-order valence-electron chi connectivity index (χ1n) is 8.44. The van der Waals surface area contributed by atoms with E-state index in [2.05, 4.69) is 36.2 Å². The van der Waals surface area contributed by atoms with Crippen LogP contribution < -0.4 is 0 Å². The maximum atomic E-state index is 13.9. The molecule has 130 valence electrons. The fourth-order valence-corrected chi connectivity index (χ4v) is 3.03. The second-order valence-corrected chi connectivity index (χ2v) is 6.35. The largest absolute Gasteiger partial charge is 0.475 e. The van der Waals surface area contributed by atoms with E-state index < -0.39 is 11.6 Å². The molecule has 0 saturated carbocycles. The Morgan fingerprint density at radius 3 is 2.04 bits per heavy atom. The van der Waals surface area contributed by atoms with E-state index >= 15 is 0 Å². The highest BCUT2D eigenvalue weighted by Crippen LogP contribution is 2.29. The lowest BCUT2D eigenvalue weighted by molar-refractivity contribution is 0.317. The quantitative estimate of drug-likeness (QED) is 0.615. The molecule has 0 aliphatic carbocycles. The van der Waals surface area contributed by atoms with Crippen LogP contribution in [0.1, 0.15) is 22.7 Å². The SMILES string of the molecule is Cc1ccc(-c2ccc(C3COC(c4c(F)cccc4F)=N3)cc2)cc1. The Morgan fingerprint density at radius 1 is 0.846 bits per heavy atom. The minimum Gasteiger partial charge on any atom is -0.475 e. The van der Waals surface area contributed by atoms with Gasteiger partial charge in [-0.05, 0) is 35.7 Å². The molecule has 0 spiro atoms. The number of nitrogens with zero attached hydrogens (tertiary/aromatic N) is 1. The lowest BCUT2D eigenvalue weighted by Gasteiger charge is -2.07. The minimum absolute atomic E-state index is 0.0215. The third-order valence-corrected chi connectivity index (χ3v) is 4.51. The summed E-state index contributed by atoms with van der Waals surface area (Å²) in [4.78, 5) is 4.38. The van der Waals surface area contributed by atoms with Crippen LogP contribution in [0.2, 0.25) is 0 Å². The van der Waals surface area contributed by atoms with Crippen LogP contribution in [0.25, 0.3) is 11.1 Å². The second kappa shape index (κ2) is 6.71. The van der Waals surface area contributed by atoms with E-state index in [1.54, 1.807) is 0 Å². The van der Waals surface area contributed by atoms with Crippen molar-refractivity contribution >= 4 is 5.90 Å². The summed E-state index contributed by atoms with van der Waals surface area (Å²) in [6.07, 6.45) is 0. The zero-order chi connectivity index (χ0) is 18.1. The summed E-state index contributed by atoms with van der Waals surface area (Å²) >= 11 is 0. The van der Waals surface area contributed by atoms with Gasteiger partial charge in [-0.3, -0.25) is 0 Å². The molecule has 1 aliphatic heterocycles. The van der Waals surface area contributed by atoms with Crippen LogP contribution in [0, 0.1) is 18.6 Å². The van der Waals surface area contributed by atoms with Gasteiger partial charge in [0.1, 0.15) is 29.8 Å². The van der Waals surface area contributed by atoms with Gasteiger partial charge >= 0.3 is 0 Å². The number of hydrogen-bond acceptors (Lipinski definition) is 2. The summed E-state index contributed by atoms with van der Waals surface area (Å²) in [7, 11) is 0. The normalized spacial score (nSPS) is 16.3. The van der Waals surface area contributed by atoms with Gasteiger partial charge in [0.05, 0.1) is 0 Å². The predicted molar refractivity (Wildman–Crippen MR) is 98.2 cm³/mol. The van der Waals surface area contributed by atoms with Gasteiger partial charge in [0, 0.05) is 0 Å². The van der Waals surface area contributed by atoms with E-state index in [1.807, 2.05) is 24.3 Å². The first-order valence-corrected chi connectivity index (χ1v) is 8.44. The molecule has 0 N–H and O–H groups in total. The van der Waals surface area contributed by atoms with Crippen molar-refractivity contribution < 1.29 is 13.5 Å². The highest BCUT2D eigenvalue weighted by atomic mass is 19.1. The van der Waals surface area contributed by atoms with Gasteiger partial charge in [-0.2, -0.15) is 0 Å². The summed E-state index contributed by atoms with van der Waals surface area (Å²) in [5.74, 6) is -1.31. The summed E-state index contributed by atoms with van der Waals surface area (Å²) < 4.78 is 33.3. The number of ether oxygens (including phenoxy) is 1. The molecule has 1 aliphatic rings. The molecule has 0 saturated heterocycles. The Kier molecular flexibility index (Phi) is 4.25. The van der Waals surface area contributed by atoms with Crippen molar-refractivity contribution in [3.8, 4) is 11.1 Å². The monoisotopic (exact) mass is 349 g/mol. The second-order valence-electron chi connectivity index (χ2n) is 6.35. The Balaban J connectivity index is 1.59. The van der Waals surface area contributed by atoms with E-state index in [0.717, 1.165) is 16.7 Å². The maximum absolute atomic E-state index is 13.9. The minimum atomic E-state index is -0.667. The molecule has 0 aromatic heterocycles. The van der Waals surface area contributed by atoms with Crippen LogP contribution in [-0.2, 0) is 4.74 Å². The standard InChI is InChI=1S/C22H17F2NO/c1-14-5-7-15(8-6-14)16-9-11-17(12-10-16)20-13-26-22(25-20)21-18(23)3-2-4-19(21)24/h2-12,20H,13H2,1H3. The molecule has 3 aromatic rings. The smallest absolute Gasteiger partial charge is 0.222 e. The van der Waals surface area contributed by atoms with Crippen molar-refractivity contribution in [1.29, 1.82) is 0 Å². The maximum Gasteiger partial charge on any atom is 0.222 e. The number of rotatable bonds is 3. The van der Waals surface area contributed by atoms with Crippen LogP contribution in [0.15, 0.2) is 71.7 Å². The molecule has 4 rings (SSSR count). The third kappa shape index (κ3) is 3.10. The van der Waals surface area contributed by atoms with Gasteiger partial charge in [-0.25, -0.2) is 13.8 Å². The van der Waals surface area contributed by atoms with Crippen molar-refractivity contribution in [2.45, 2.75) is 13.0 Å². The molecular formula is C22H17F2NO. The van der Waals surface area contributed by atoms with Crippen molar-refractivity contribution in [2.75, 3.05) is 6.61 Å². The first kappa shape index (κ1) is 16.5. The third-order valence-electron chi connectivity index (χ3n) is 4.51. The van der Waals surface area contributed by atoms with E-state index in [1.165, 1.54) is 23.8 Å². The van der Waals surface area contributed by atoms with Gasteiger partial charge in [0.15, 0.2) is 0 Å². The summed E-state index contributed by atoms with van der Waals surface area (Å²) in [5.41, 5.74) is 4.22. The molecule has 1 heterocycles. The van der Waals surface area contributed by atoms with Crippen LogP contribution in [0.3, 0.4) is 0 Å². The molecule has 0 amide bonds. The number of aliphatic imine (C=N–C) groups is 1. The molecule has 0 radical (unpaired) electrons. The van der Waals surface area contributed by atoms with Crippen molar-refractivity contribution in [2.24, 2.45) is 4.99 Å². The van der Waals surface area contributed by atoms with Crippen molar-refractivity contribution in [3.63, 3.8) is 0 Å². The zero-order valence-corrected chi connectivity index (χ0v) is 14.2. The van der Waals surface area contributed by atoms with Gasteiger partial charge in [0.25, 0.3) is 0 Å². The molecule has 26 heavy (non-hydrogen) atoms. The van der Waals surface area contributed by atoms with Crippen LogP contribution in [0.5, 0.6) is 0 Å². The van der Waals surface area contributed by atoms with Gasteiger partial charge in [0.2, 0.25) is 5.90 Å². The lowest BCUT2D eigenvalue weighted by Crippen LogP contribution is -2.07. The van der Waals surface area contributed by atoms with E-state index in [-0.39, 0.29) is 24.1 Å². The fourth-order valence-electron chi connectivity index (χ4n) is 3.03. The van der Waals surface area contributed by atoms with Crippen LogP contribution in [-0.4, -0.2) is 12.5 Å². The summed E-state index contributed by atoms with van der Waals surface area (Å²) in [6.45, 7) is 2.33. The van der Waals surface area contributed by atoms with Gasteiger partial charge in [-0.15, -0.1) is 0 Å². The van der Waals surface area contributed by atoms with Crippen LogP contribution >= 0.6 is 0 Å². The summed E-state index contributed by atoms with van der Waals surface area (Å²) in [5, 5.41) is 0. The number of halogens is 2. The van der Waals surface area contributed by atoms with Crippen LogP contribution in [0.4, 0.5) is 8.78 Å². The summed E-state index contributed by atoms with van der Waals surface area (Å²) in [6, 6.07) is 19.8. The number of benzene rings is 3. The Labute approximate surface area is 150 Å². The van der Waals surface area contributed by atoms with Gasteiger partial charge < -0.3 is 4.74 Å². The highest BCUT2D eigenvalue weighted by molar-refractivity contribution is 5.95. The van der Waals surface area contributed by atoms with Gasteiger partial charge in [-0.1, -0.05) is 60.2 Å². The molecule has 0 bridgehead atoms. The highest BCUT2D eigenvalue weighted by Gasteiger charge is 2.26. The van der Waals surface area contributed by atoms with E-state index in [0.29, 0.717) is 0 Å². The van der Waals surface area contributed by atoms with E-state index in [9.17, 15) is 8.78 Å². The average molecular weight is 349 g/mol. The number of aryl methyl sites for hydroxylation is 1. The number of hydrogen-bond donors (Lipinski definition) is 0. The molecule has 1 atom stereocenters. The zero-order valence-electron chi connectivity index (χ0n) is 14.2. The Bertz CT molecular complexity index is 942.